The molecule has 3 rings (SSSR count). The van der Waals surface area contributed by atoms with Crippen molar-refractivity contribution in [3.63, 3.8) is 0 Å². The molecular weight excluding hydrogens is 400 g/mol. The smallest absolute Gasteiger partial charge is 0.315 e. The Morgan fingerprint density at radius 3 is 2.33 bits per heavy atom. The van der Waals surface area contributed by atoms with E-state index in [9.17, 15) is 13.2 Å². The highest BCUT2D eigenvalue weighted by atomic mass is 32.2. The fourth-order valence-corrected chi connectivity index (χ4v) is 5.24. The number of anilines is 1. The molecule has 0 heterocycles. The maximum Gasteiger partial charge on any atom is 0.315 e. The number of nitrogens with zero attached hydrogens (tertiary/aromatic N) is 1. The third kappa shape index (κ3) is 5.64. The zero-order valence-corrected chi connectivity index (χ0v) is 18.6. The van der Waals surface area contributed by atoms with Gasteiger partial charge in [-0.2, -0.15) is 0 Å². The van der Waals surface area contributed by atoms with E-state index in [1.807, 2.05) is 43.3 Å². The van der Waals surface area contributed by atoms with E-state index in [2.05, 4.69) is 15.4 Å². The van der Waals surface area contributed by atoms with Crippen LogP contribution >= 0.6 is 0 Å². The van der Waals surface area contributed by atoms with Crippen LogP contribution in [0.4, 0.5) is 10.5 Å². The van der Waals surface area contributed by atoms with Crippen LogP contribution in [0.2, 0.25) is 0 Å². The number of hydrogen-bond acceptors (Lipinski definition) is 4. The molecule has 2 aromatic carbocycles. The average Bonchev–Trinajstić information content (AvgIpc) is 2.98. The largest absolute Gasteiger partial charge is 0.377 e. The molecule has 0 atom stereocenters. The Morgan fingerprint density at radius 1 is 0.967 bits per heavy atom. The van der Waals surface area contributed by atoms with Crippen molar-refractivity contribution >= 4 is 32.5 Å². The molecule has 2 amide bonds. The van der Waals surface area contributed by atoms with Crippen LogP contribution in [0, 0.1) is 0 Å². The second-order valence-corrected chi connectivity index (χ2v) is 9.74. The SMILES string of the molecule is CN(C)c1cccc2c(S(=O)(=O)NCCNC(=O)NC3CCCCCC3)cccc12. The van der Waals surface area contributed by atoms with Crippen LogP contribution in [0.3, 0.4) is 0 Å². The quantitative estimate of drug-likeness (QED) is 0.463. The van der Waals surface area contributed by atoms with Crippen LogP contribution in [-0.4, -0.2) is 47.7 Å². The molecule has 0 saturated heterocycles. The summed E-state index contributed by atoms with van der Waals surface area (Å²) in [5.41, 5.74) is 0.960. The van der Waals surface area contributed by atoms with Gasteiger partial charge in [-0.3, -0.25) is 0 Å². The van der Waals surface area contributed by atoms with E-state index in [-0.39, 0.29) is 30.1 Å². The van der Waals surface area contributed by atoms with Gasteiger partial charge in [-0.15, -0.1) is 0 Å². The van der Waals surface area contributed by atoms with Gasteiger partial charge in [0.15, 0.2) is 0 Å². The molecule has 30 heavy (non-hydrogen) atoms. The van der Waals surface area contributed by atoms with Gasteiger partial charge in [0.25, 0.3) is 0 Å². The average molecular weight is 433 g/mol. The van der Waals surface area contributed by atoms with E-state index in [0.717, 1.165) is 36.8 Å². The lowest BCUT2D eigenvalue weighted by Gasteiger charge is -2.18. The predicted octanol–water partition coefficient (Wildman–Crippen LogP) is 3.21. The highest BCUT2D eigenvalue weighted by Crippen LogP contribution is 2.30. The maximum atomic E-state index is 12.9. The second-order valence-electron chi connectivity index (χ2n) is 8.01. The Kier molecular flexibility index (Phi) is 7.55. The van der Waals surface area contributed by atoms with E-state index in [4.69, 9.17) is 0 Å². The van der Waals surface area contributed by atoms with Crippen LogP contribution in [-0.2, 0) is 10.0 Å². The molecule has 1 fully saturated rings. The fraction of sp³-hybridized carbons (Fsp3) is 0.500. The first-order valence-electron chi connectivity index (χ1n) is 10.6. The molecular formula is C22H32N4O3S. The normalized spacial score (nSPS) is 15.5. The molecule has 0 unspecified atom stereocenters. The van der Waals surface area contributed by atoms with Gasteiger partial charge < -0.3 is 15.5 Å². The lowest BCUT2D eigenvalue weighted by Crippen LogP contribution is -2.44. The lowest BCUT2D eigenvalue weighted by atomic mass is 10.1. The first-order valence-corrected chi connectivity index (χ1v) is 12.1. The number of nitrogens with one attached hydrogen (secondary N) is 3. The standard InChI is InChI=1S/C22H32N4O3S/c1-26(2)20-13-7-12-19-18(20)11-8-14-21(19)30(28,29)24-16-15-23-22(27)25-17-9-5-3-4-6-10-17/h7-8,11-14,17,24H,3-6,9-10,15-16H2,1-2H3,(H2,23,25,27). The van der Waals surface area contributed by atoms with Crippen molar-refractivity contribution in [1.82, 2.24) is 15.4 Å². The van der Waals surface area contributed by atoms with Gasteiger partial charge in [-0.25, -0.2) is 17.9 Å². The summed E-state index contributed by atoms with van der Waals surface area (Å²) in [5.74, 6) is 0. The van der Waals surface area contributed by atoms with Crippen molar-refractivity contribution in [2.75, 3.05) is 32.1 Å². The van der Waals surface area contributed by atoms with Gasteiger partial charge >= 0.3 is 6.03 Å². The van der Waals surface area contributed by atoms with E-state index < -0.39 is 10.0 Å². The molecule has 8 heteroatoms. The first-order chi connectivity index (χ1) is 14.4. The van der Waals surface area contributed by atoms with Gasteiger partial charge in [0.2, 0.25) is 10.0 Å². The monoisotopic (exact) mass is 432 g/mol. The third-order valence-corrected chi connectivity index (χ3v) is 7.04. The Bertz CT molecular complexity index is 968. The van der Waals surface area contributed by atoms with Crippen LogP contribution in [0.15, 0.2) is 41.3 Å². The topological polar surface area (TPSA) is 90.5 Å². The van der Waals surface area contributed by atoms with Crippen molar-refractivity contribution in [3.05, 3.63) is 36.4 Å². The number of carbonyl (C=O) groups excluding carboxylic acids is 1. The molecule has 0 spiro atoms. The number of sulfonamides is 1. The summed E-state index contributed by atoms with van der Waals surface area (Å²) in [6, 6.07) is 10.9. The summed E-state index contributed by atoms with van der Waals surface area (Å²) in [4.78, 5) is 14.3. The Balaban J connectivity index is 1.58. The van der Waals surface area contributed by atoms with Crippen LogP contribution < -0.4 is 20.3 Å². The fourth-order valence-electron chi connectivity index (χ4n) is 3.99. The number of rotatable bonds is 7. The van der Waals surface area contributed by atoms with E-state index in [1.165, 1.54) is 12.8 Å². The molecule has 2 aromatic rings. The van der Waals surface area contributed by atoms with Crippen LogP contribution in [0.25, 0.3) is 10.8 Å². The summed E-state index contributed by atoms with van der Waals surface area (Å²) < 4.78 is 28.3. The van der Waals surface area contributed by atoms with E-state index >= 15 is 0 Å². The summed E-state index contributed by atoms with van der Waals surface area (Å²) >= 11 is 0. The van der Waals surface area contributed by atoms with Gasteiger partial charge in [0.05, 0.1) is 4.90 Å². The number of amides is 2. The lowest BCUT2D eigenvalue weighted by molar-refractivity contribution is 0.235. The van der Waals surface area contributed by atoms with E-state index in [0.29, 0.717) is 5.39 Å². The molecule has 0 bridgehead atoms. The van der Waals surface area contributed by atoms with Crippen molar-refractivity contribution in [1.29, 1.82) is 0 Å². The van der Waals surface area contributed by atoms with Gasteiger partial charge in [-0.05, 0) is 25.0 Å². The number of urea groups is 1. The minimum absolute atomic E-state index is 0.129. The van der Waals surface area contributed by atoms with Crippen LogP contribution in [0.5, 0.6) is 0 Å². The highest BCUT2D eigenvalue weighted by molar-refractivity contribution is 7.89. The summed E-state index contributed by atoms with van der Waals surface area (Å²) in [6.07, 6.45) is 6.76. The van der Waals surface area contributed by atoms with Gasteiger partial charge in [0.1, 0.15) is 0 Å². The minimum atomic E-state index is -3.70. The molecule has 0 aliphatic heterocycles. The molecule has 1 saturated carbocycles. The number of benzene rings is 2. The summed E-state index contributed by atoms with van der Waals surface area (Å²) in [6.45, 7) is 0.357. The first kappa shape index (κ1) is 22.4. The van der Waals surface area contributed by atoms with Crippen molar-refractivity contribution in [2.45, 2.75) is 49.5 Å². The van der Waals surface area contributed by atoms with Crippen LogP contribution in [0.1, 0.15) is 38.5 Å². The molecule has 1 aliphatic carbocycles. The number of carbonyl (C=O) groups is 1. The zero-order chi connectivity index (χ0) is 21.6. The van der Waals surface area contributed by atoms with Gasteiger partial charge in [-0.1, -0.05) is 49.9 Å². The van der Waals surface area contributed by atoms with Gasteiger partial charge in [0, 0.05) is 49.7 Å². The Labute approximate surface area is 179 Å². The molecule has 0 radical (unpaired) electrons. The Hall–Kier alpha value is -2.32. The predicted molar refractivity (Wildman–Crippen MR) is 121 cm³/mol. The Morgan fingerprint density at radius 2 is 1.63 bits per heavy atom. The van der Waals surface area contributed by atoms with Crippen molar-refractivity contribution in [3.8, 4) is 0 Å². The molecule has 164 valence electrons. The molecule has 7 nitrogen and oxygen atoms in total. The van der Waals surface area contributed by atoms with E-state index in [1.54, 1.807) is 12.1 Å². The number of fused-ring (bicyclic) bond motifs is 1. The maximum absolute atomic E-state index is 12.9. The minimum Gasteiger partial charge on any atom is -0.377 e. The van der Waals surface area contributed by atoms with Crippen molar-refractivity contribution in [2.24, 2.45) is 0 Å². The third-order valence-electron chi connectivity index (χ3n) is 5.52. The molecule has 1 aliphatic rings. The molecule has 0 aromatic heterocycles. The molecule has 3 N–H and O–H groups in total. The number of hydrogen-bond donors (Lipinski definition) is 3. The summed E-state index contributed by atoms with van der Waals surface area (Å²) in [5, 5.41) is 7.31. The second kappa shape index (κ2) is 10.1. The van der Waals surface area contributed by atoms with Crippen molar-refractivity contribution < 1.29 is 13.2 Å². The zero-order valence-electron chi connectivity index (χ0n) is 17.8. The summed E-state index contributed by atoms with van der Waals surface area (Å²) in [7, 11) is 0.162. The highest BCUT2D eigenvalue weighted by Gasteiger charge is 2.18.